The van der Waals surface area contributed by atoms with Gasteiger partial charge in [-0.05, 0) is 37.7 Å². The molecule has 1 atom stereocenters. The topological polar surface area (TPSA) is 38.5 Å². The molecular weight excluding hydrogens is 238 g/mol. The molecule has 0 saturated carbocycles. The van der Waals surface area contributed by atoms with Gasteiger partial charge in [0.25, 0.3) is 0 Å². The van der Waals surface area contributed by atoms with Gasteiger partial charge < -0.3 is 15.4 Å². The molecule has 0 aromatic heterocycles. The van der Waals surface area contributed by atoms with Crippen LogP contribution in [0.15, 0.2) is 24.3 Å². The van der Waals surface area contributed by atoms with Gasteiger partial charge in [-0.1, -0.05) is 19.1 Å². The van der Waals surface area contributed by atoms with Gasteiger partial charge >= 0.3 is 6.61 Å². The number of ether oxygens (including phenoxy) is 1. The van der Waals surface area contributed by atoms with Gasteiger partial charge in [0.2, 0.25) is 0 Å². The van der Waals surface area contributed by atoms with E-state index in [1.54, 1.807) is 12.1 Å². The van der Waals surface area contributed by atoms with E-state index in [4.69, 9.17) is 5.73 Å². The Morgan fingerprint density at radius 3 is 2.72 bits per heavy atom. The van der Waals surface area contributed by atoms with Crippen LogP contribution in [0.4, 0.5) is 8.78 Å². The van der Waals surface area contributed by atoms with Gasteiger partial charge in [0.05, 0.1) is 0 Å². The van der Waals surface area contributed by atoms with Crippen LogP contribution in [0.3, 0.4) is 0 Å². The highest BCUT2D eigenvalue weighted by molar-refractivity contribution is 5.30. The minimum absolute atomic E-state index is 0.149. The summed E-state index contributed by atoms with van der Waals surface area (Å²) in [5.74, 6) is 0.149. The zero-order valence-electron chi connectivity index (χ0n) is 10.8. The molecule has 0 radical (unpaired) electrons. The summed E-state index contributed by atoms with van der Waals surface area (Å²) in [5, 5.41) is 0. The Hall–Kier alpha value is -1.20. The normalized spacial score (nSPS) is 13.1. The lowest BCUT2D eigenvalue weighted by Gasteiger charge is -2.21. The molecule has 0 aliphatic carbocycles. The monoisotopic (exact) mass is 258 g/mol. The minimum atomic E-state index is -2.81. The van der Waals surface area contributed by atoms with Gasteiger partial charge in [0, 0.05) is 12.6 Å². The molecule has 0 bridgehead atoms. The smallest absolute Gasteiger partial charge is 0.387 e. The van der Waals surface area contributed by atoms with Gasteiger partial charge in [-0.3, -0.25) is 0 Å². The van der Waals surface area contributed by atoms with Crippen LogP contribution in [0.2, 0.25) is 0 Å². The molecule has 0 aliphatic heterocycles. The van der Waals surface area contributed by atoms with Crippen LogP contribution >= 0.6 is 0 Å². The van der Waals surface area contributed by atoms with Crippen molar-refractivity contribution in [2.24, 2.45) is 5.73 Å². The van der Waals surface area contributed by atoms with E-state index in [1.165, 1.54) is 6.07 Å². The highest BCUT2D eigenvalue weighted by atomic mass is 19.3. The highest BCUT2D eigenvalue weighted by Gasteiger charge is 2.11. The highest BCUT2D eigenvalue weighted by Crippen LogP contribution is 2.20. The minimum Gasteiger partial charge on any atom is -0.435 e. The van der Waals surface area contributed by atoms with E-state index in [9.17, 15) is 8.78 Å². The predicted molar refractivity (Wildman–Crippen MR) is 67.8 cm³/mol. The summed E-state index contributed by atoms with van der Waals surface area (Å²) in [5.41, 5.74) is 6.84. The Labute approximate surface area is 107 Å². The number of nitrogens with zero attached hydrogens (tertiary/aromatic N) is 1. The number of hydrogen-bond donors (Lipinski definition) is 1. The van der Waals surface area contributed by atoms with Crippen molar-refractivity contribution in [3.8, 4) is 5.75 Å². The van der Waals surface area contributed by atoms with Crippen molar-refractivity contribution < 1.29 is 13.5 Å². The molecule has 0 heterocycles. The quantitative estimate of drug-likeness (QED) is 0.817. The van der Waals surface area contributed by atoms with Crippen molar-refractivity contribution in [2.75, 3.05) is 20.1 Å². The number of hydrogen-bond acceptors (Lipinski definition) is 3. The Bertz CT molecular complexity index is 361. The molecule has 2 N–H and O–H groups in total. The molecular formula is C13H20F2N2O. The largest absolute Gasteiger partial charge is 0.435 e. The molecule has 1 aromatic rings. The Morgan fingerprint density at radius 1 is 1.39 bits per heavy atom. The second-order valence-corrected chi connectivity index (χ2v) is 4.32. The molecule has 1 unspecified atom stereocenters. The molecule has 3 nitrogen and oxygen atoms in total. The summed E-state index contributed by atoms with van der Waals surface area (Å²) in [6.07, 6.45) is 1.05. The molecule has 0 spiro atoms. The lowest BCUT2D eigenvalue weighted by atomic mass is 10.1. The number of halogens is 2. The third kappa shape index (κ3) is 4.98. The van der Waals surface area contributed by atoms with Crippen molar-refractivity contribution in [3.63, 3.8) is 0 Å². The lowest BCUT2D eigenvalue weighted by molar-refractivity contribution is -0.0499. The fraction of sp³-hybridized carbons (Fsp3) is 0.538. The summed E-state index contributed by atoms with van der Waals surface area (Å²) in [6, 6.07) is 6.35. The van der Waals surface area contributed by atoms with E-state index >= 15 is 0 Å². The average Bonchev–Trinajstić information content (AvgIpc) is 2.28. The van der Waals surface area contributed by atoms with Crippen molar-refractivity contribution in [1.82, 2.24) is 4.90 Å². The molecule has 1 aromatic carbocycles. The number of alkyl halides is 2. The second kappa shape index (κ2) is 7.28. The van der Waals surface area contributed by atoms with Gasteiger partial charge in [-0.15, -0.1) is 0 Å². The van der Waals surface area contributed by atoms with Crippen LogP contribution in [0.25, 0.3) is 0 Å². The van der Waals surface area contributed by atoms with Gasteiger partial charge in [0.1, 0.15) is 5.75 Å². The molecule has 0 fully saturated rings. The van der Waals surface area contributed by atoms with Crippen LogP contribution in [0, 0.1) is 0 Å². The van der Waals surface area contributed by atoms with E-state index in [1.807, 2.05) is 13.1 Å². The summed E-state index contributed by atoms with van der Waals surface area (Å²) in [4.78, 5) is 2.12. The van der Waals surface area contributed by atoms with Gasteiger partial charge in [-0.25, -0.2) is 0 Å². The fourth-order valence-corrected chi connectivity index (χ4v) is 1.84. The Balaban J connectivity index is 2.64. The number of nitrogens with two attached hydrogens (primary N) is 1. The van der Waals surface area contributed by atoms with Crippen molar-refractivity contribution in [1.29, 1.82) is 0 Å². The van der Waals surface area contributed by atoms with E-state index in [2.05, 4.69) is 16.6 Å². The van der Waals surface area contributed by atoms with E-state index in [0.717, 1.165) is 18.5 Å². The predicted octanol–water partition coefficient (Wildman–Crippen LogP) is 2.63. The van der Waals surface area contributed by atoms with Crippen LogP contribution < -0.4 is 10.5 Å². The molecule has 0 aliphatic rings. The maximum Gasteiger partial charge on any atom is 0.387 e. The number of benzene rings is 1. The molecule has 102 valence electrons. The molecule has 5 heteroatoms. The third-order valence-corrected chi connectivity index (χ3v) is 2.63. The van der Waals surface area contributed by atoms with E-state index in [-0.39, 0.29) is 11.8 Å². The molecule has 0 saturated heterocycles. The zero-order chi connectivity index (χ0) is 13.5. The molecule has 1 rings (SSSR count). The van der Waals surface area contributed by atoms with E-state index in [0.29, 0.717) is 6.54 Å². The second-order valence-electron chi connectivity index (χ2n) is 4.32. The average molecular weight is 258 g/mol. The third-order valence-electron chi connectivity index (χ3n) is 2.63. The maximum absolute atomic E-state index is 12.1. The Morgan fingerprint density at radius 2 is 2.11 bits per heavy atom. The van der Waals surface area contributed by atoms with Crippen LogP contribution in [0.5, 0.6) is 5.75 Å². The van der Waals surface area contributed by atoms with Crippen molar-refractivity contribution >= 4 is 0 Å². The van der Waals surface area contributed by atoms with Gasteiger partial charge in [0.15, 0.2) is 0 Å². The summed E-state index contributed by atoms with van der Waals surface area (Å²) < 4.78 is 28.6. The van der Waals surface area contributed by atoms with Crippen LogP contribution in [-0.4, -0.2) is 31.6 Å². The molecule has 18 heavy (non-hydrogen) atoms. The molecule has 0 amide bonds. The van der Waals surface area contributed by atoms with Crippen molar-refractivity contribution in [3.05, 3.63) is 29.8 Å². The van der Waals surface area contributed by atoms with Gasteiger partial charge in [-0.2, -0.15) is 8.78 Å². The SMILES string of the molecule is CCCN(C)CC(N)c1cccc(OC(F)F)c1. The lowest BCUT2D eigenvalue weighted by Crippen LogP contribution is -2.29. The van der Waals surface area contributed by atoms with Crippen LogP contribution in [-0.2, 0) is 0 Å². The zero-order valence-corrected chi connectivity index (χ0v) is 10.8. The van der Waals surface area contributed by atoms with E-state index < -0.39 is 6.61 Å². The summed E-state index contributed by atoms with van der Waals surface area (Å²) >= 11 is 0. The summed E-state index contributed by atoms with van der Waals surface area (Å²) in [6.45, 7) is 0.936. The van der Waals surface area contributed by atoms with Crippen LogP contribution in [0.1, 0.15) is 24.9 Å². The first-order valence-corrected chi connectivity index (χ1v) is 6.01. The first-order valence-electron chi connectivity index (χ1n) is 6.01. The standard InChI is InChI=1S/C13H20F2N2O/c1-3-7-17(2)9-12(16)10-5-4-6-11(8-10)18-13(14)15/h4-6,8,12-13H,3,7,9,16H2,1-2H3. The number of likely N-dealkylation sites (N-methyl/N-ethyl adjacent to an activating group) is 1. The summed E-state index contributed by atoms with van der Waals surface area (Å²) in [7, 11) is 1.99. The first-order chi connectivity index (χ1) is 8.52. The maximum atomic E-state index is 12.1. The fourth-order valence-electron chi connectivity index (χ4n) is 1.84. The first kappa shape index (κ1) is 14.9. The van der Waals surface area contributed by atoms with Crippen molar-refractivity contribution in [2.45, 2.75) is 26.0 Å². The Kier molecular flexibility index (Phi) is 6.01. The number of rotatable bonds is 7.